The Morgan fingerprint density at radius 1 is 1.33 bits per heavy atom. The van der Waals surface area contributed by atoms with Crippen LogP contribution in [-0.2, 0) is 17.3 Å². The third-order valence-electron chi connectivity index (χ3n) is 3.36. The molecule has 1 aromatic carbocycles. The molecule has 0 bridgehead atoms. The molecule has 0 unspecified atom stereocenters. The van der Waals surface area contributed by atoms with Crippen molar-refractivity contribution in [3.63, 3.8) is 0 Å². The Labute approximate surface area is 112 Å². The van der Waals surface area contributed by atoms with E-state index in [4.69, 9.17) is 0 Å². The van der Waals surface area contributed by atoms with E-state index in [1.54, 1.807) is 0 Å². The third kappa shape index (κ3) is 3.33. The van der Waals surface area contributed by atoms with Gasteiger partial charge in [-0.3, -0.25) is 4.21 Å². The minimum Gasteiger partial charge on any atom is -0.369 e. The molecule has 4 heteroatoms. The summed E-state index contributed by atoms with van der Waals surface area (Å²) in [6.07, 6.45) is 0. The summed E-state index contributed by atoms with van der Waals surface area (Å²) in [5, 5.41) is 3.34. The van der Waals surface area contributed by atoms with Gasteiger partial charge in [-0.05, 0) is 30.7 Å². The van der Waals surface area contributed by atoms with Gasteiger partial charge in [0.05, 0.1) is 0 Å². The fourth-order valence-corrected chi connectivity index (χ4v) is 3.38. The molecule has 0 amide bonds. The lowest BCUT2D eigenvalue weighted by molar-refractivity contribution is 0.673. The predicted octanol–water partition coefficient (Wildman–Crippen LogP) is 1.67. The van der Waals surface area contributed by atoms with E-state index in [1.807, 2.05) is 0 Å². The van der Waals surface area contributed by atoms with Gasteiger partial charge in [0.15, 0.2) is 0 Å². The molecular weight excluding hydrogens is 244 g/mol. The van der Waals surface area contributed by atoms with E-state index in [0.717, 1.165) is 37.7 Å². The summed E-state index contributed by atoms with van der Waals surface area (Å²) in [4.78, 5) is 2.35. The summed E-state index contributed by atoms with van der Waals surface area (Å²) >= 11 is 0. The number of hydrogen-bond donors (Lipinski definition) is 1. The van der Waals surface area contributed by atoms with Crippen molar-refractivity contribution < 1.29 is 4.21 Å². The molecule has 0 aromatic heterocycles. The van der Waals surface area contributed by atoms with Crippen LogP contribution in [0.2, 0.25) is 0 Å². The van der Waals surface area contributed by atoms with Gasteiger partial charge in [0.1, 0.15) is 0 Å². The zero-order chi connectivity index (χ0) is 13.0. The topological polar surface area (TPSA) is 32.3 Å². The molecule has 1 fully saturated rings. The van der Waals surface area contributed by atoms with Crippen molar-refractivity contribution in [1.29, 1.82) is 0 Å². The van der Waals surface area contributed by atoms with Crippen LogP contribution in [0.4, 0.5) is 5.69 Å². The van der Waals surface area contributed by atoms with Gasteiger partial charge >= 0.3 is 0 Å². The smallest absolute Gasteiger partial charge is 0.0411 e. The van der Waals surface area contributed by atoms with Gasteiger partial charge in [0, 0.05) is 47.6 Å². The van der Waals surface area contributed by atoms with Crippen molar-refractivity contribution in [3.05, 3.63) is 29.3 Å². The highest BCUT2D eigenvalue weighted by molar-refractivity contribution is 7.85. The van der Waals surface area contributed by atoms with Crippen LogP contribution in [0.25, 0.3) is 0 Å². The van der Waals surface area contributed by atoms with E-state index < -0.39 is 10.8 Å². The molecule has 0 atom stereocenters. The molecule has 0 aliphatic carbocycles. The standard InChI is InChI=1S/C14H22N2OS/c1-3-15-11-13-4-5-14(12(2)10-13)16-6-8-18(17)9-7-16/h4-5,10,15H,3,6-9,11H2,1-2H3. The van der Waals surface area contributed by atoms with Gasteiger partial charge in [-0.25, -0.2) is 0 Å². The Balaban J connectivity index is 2.07. The fraction of sp³-hybridized carbons (Fsp3) is 0.571. The average Bonchev–Trinajstić information content (AvgIpc) is 2.38. The second kappa shape index (κ2) is 6.34. The predicted molar refractivity (Wildman–Crippen MR) is 78.6 cm³/mol. The quantitative estimate of drug-likeness (QED) is 0.900. The van der Waals surface area contributed by atoms with Crippen LogP contribution < -0.4 is 10.2 Å². The molecule has 1 N–H and O–H groups in total. The summed E-state index contributed by atoms with van der Waals surface area (Å²) in [5.74, 6) is 1.61. The molecule has 1 heterocycles. The first kappa shape index (κ1) is 13.6. The second-order valence-electron chi connectivity index (χ2n) is 4.74. The molecule has 3 nitrogen and oxygen atoms in total. The Bertz CT molecular complexity index is 424. The number of anilines is 1. The minimum atomic E-state index is -0.602. The lowest BCUT2D eigenvalue weighted by Gasteiger charge is -2.30. The lowest BCUT2D eigenvalue weighted by Crippen LogP contribution is -2.38. The molecule has 18 heavy (non-hydrogen) atoms. The van der Waals surface area contributed by atoms with Gasteiger partial charge in [-0.15, -0.1) is 0 Å². The highest BCUT2D eigenvalue weighted by atomic mass is 32.2. The fourth-order valence-electron chi connectivity index (χ4n) is 2.33. The van der Waals surface area contributed by atoms with E-state index in [9.17, 15) is 4.21 Å². The van der Waals surface area contributed by atoms with Gasteiger partial charge in [0.2, 0.25) is 0 Å². The van der Waals surface area contributed by atoms with Gasteiger partial charge in [-0.1, -0.05) is 19.1 Å². The van der Waals surface area contributed by atoms with E-state index in [2.05, 4.69) is 42.3 Å². The molecular formula is C14H22N2OS. The van der Waals surface area contributed by atoms with Gasteiger partial charge in [-0.2, -0.15) is 0 Å². The molecule has 1 saturated heterocycles. The average molecular weight is 266 g/mol. The maximum atomic E-state index is 11.4. The molecule has 1 aliphatic heterocycles. The van der Waals surface area contributed by atoms with E-state index in [0.29, 0.717) is 0 Å². The SMILES string of the molecule is CCNCc1ccc(N2CCS(=O)CC2)c(C)c1. The highest BCUT2D eigenvalue weighted by Gasteiger charge is 2.16. The van der Waals surface area contributed by atoms with Crippen molar-refractivity contribution in [1.82, 2.24) is 5.32 Å². The Morgan fingerprint density at radius 2 is 2.06 bits per heavy atom. The lowest BCUT2D eigenvalue weighted by atomic mass is 10.1. The molecule has 0 radical (unpaired) electrons. The van der Waals surface area contributed by atoms with Crippen LogP contribution in [0, 0.1) is 6.92 Å². The highest BCUT2D eigenvalue weighted by Crippen LogP contribution is 2.22. The molecule has 100 valence electrons. The van der Waals surface area contributed by atoms with Crippen molar-refractivity contribution in [2.24, 2.45) is 0 Å². The Morgan fingerprint density at radius 3 is 2.67 bits per heavy atom. The first-order valence-corrected chi connectivity index (χ1v) is 8.09. The monoisotopic (exact) mass is 266 g/mol. The molecule has 2 rings (SSSR count). The van der Waals surface area contributed by atoms with Gasteiger partial charge in [0.25, 0.3) is 0 Å². The van der Waals surface area contributed by atoms with Crippen LogP contribution in [0.1, 0.15) is 18.1 Å². The zero-order valence-electron chi connectivity index (χ0n) is 11.2. The van der Waals surface area contributed by atoms with Gasteiger partial charge < -0.3 is 10.2 Å². The number of aryl methyl sites for hydroxylation is 1. The van der Waals surface area contributed by atoms with Crippen LogP contribution in [0.5, 0.6) is 0 Å². The summed E-state index contributed by atoms with van der Waals surface area (Å²) in [6.45, 7) is 8.05. The molecule has 0 saturated carbocycles. The Hall–Kier alpha value is -0.870. The van der Waals surface area contributed by atoms with E-state index in [1.165, 1.54) is 16.8 Å². The Kier molecular flexibility index (Phi) is 4.78. The van der Waals surface area contributed by atoms with E-state index >= 15 is 0 Å². The number of rotatable bonds is 4. The van der Waals surface area contributed by atoms with Crippen LogP contribution in [0.3, 0.4) is 0 Å². The van der Waals surface area contributed by atoms with Crippen LogP contribution >= 0.6 is 0 Å². The van der Waals surface area contributed by atoms with Crippen molar-refractivity contribution in [2.75, 3.05) is 36.0 Å². The number of benzene rings is 1. The maximum Gasteiger partial charge on any atom is 0.0411 e. The zero-order valence-corrected chi connectivity index (χ0v) is 12.1. The first-order chi connectivity index (χ1) is 8.70. The second-order valence-corrected chi connectivity index (χ2v) is 6.43. The van der Waals surface area contributed by atoms with Crippen molar-refractivity contribution >= 4 is 16.5 Å². The normalized spacial score (nSPS) is 17.1. The number of nitrogens with one attached hydrogen (secondary N) is 1. The van der Waals surface area contributed by atoms with E-state index in [-0.39, 0.29) is 0 Å². The minimum absolute atomic E-state index is 0.602. The largest absolute Gasteiger partial charge is 0.369 e. The summed E-state index contributed by atoms with van der Waals surface area (Å²) < 4.78 is 11.4. The number of nitrogens with zero attached hydrogens (tertiary/aromatic N) is 1. The molecule has 0 spiro atoms. The van der Waals surface area contributed by atoms with Crippen LogP contribution in [-0.4, -0.2) is 35.3 Å². The summed E-state index contributed by atoms with van der Waals surface area (Å²) in [5.41, 5.74) is 3.95. The first-order valence-electron chi connectivity index (χ1n) is 6.61. The number of hydrogen-bond acceptors (Lipinski definition) is 3. The molecule has 1 aliphatic rings. The summed E-state index contributed by atoms with van der Waals surface area (Å²) in [6, 6.07) is 6.65. The van der Waals surface area contributed by atoms with Crippen molar-refractivity contribution in [3.8, 4) is 0 Å². The maximum absolute atomic E-state index is 11.4. The van der Waals surface area contributed by atoms with Crippen molar-refractivity contribution in [2.45, 2.75) is 20.4 Å². The van der Waals surface area contributed by atoms with Crippen LogP contribution in [0.15, 0.2) is 18.2 Å². The molecule has 1 aromatic rings. The summed E-state index contributed by atoms with van der Waals surface area (Å²) in [7, 11) is -0.602. The third-order valence-corrected chi connectivity index (χ3v) is 4.63.